The first-order valence-electron chi connectivity index (χ1n) is 8.34. The number of carbonyl (C=O) groups is 1. The summed E-state index contributed by atoms with van der Waals surface area (Å²) in [6.45, 7) is 1.95. The predicted octanol–water partition coefficient (Wildman–Crippen LogP) is 2.49. The Balaban J connectivity index is 1.54. The second-order valence-electron chi connectivity index (χ2n) is 6.46. The van der Waals surface area contributed by atoms with Crippen molar-refractivity contribution >= 4 is 5.91 Å². The normalized spacial score (nSPS) is 20.8. The fourth-order valence-electron chi connectivity index (χ4n) is 3.09. The summed E-state index contributed by atoms with van der Waals surface area (Å²) < 4.78 is 5.61. The van der Waals surface area contributed by atoms with Gasteiger partial charge in [-0.3, -0.25) is 4.79 Å². The van der Waals surface area contributed by atoms with Gasteiger partial charge in [-0.25, -0.2) is 0 Å². The van der Waals surface area contributed by atoms with Crippen LogP contribution in [0.15, 0.2) is 54.6 Å². The zero-order valence-corrected chi connectivity index (χ0v) is 13.9. The number of aryl methyl sites for hydroxylation is 1. The van der Waals surface area contributed by atoms with Gasteiger partial charge < -0.3 is 15.2 Å². The van der Waals surface area contributed by atoms with Crippen LogP contribution in [-0.2, 0) is 17.6 Å². The van der Waals surface area contributed by atoms with Gasteiger partial charge in [-0.2, -0.15) is 0 Å². The van der Waals surface area contributed by atoms with Gasteiger partial charge in [0.1, 0.15) is 5.75 Å². The van der Waals surface area contributed by atoms with Crippen molar-refractivity contribution in [1.82, 2.24) is 5.32 Å². The standard InChI is InChI=1S/C20H23NO3/c1-15(24-18-9-3-2-4-10-18)19(22)21-14-20(23)12-11-16-7-5-6-8-17(16)13-20/h2-10,15,23H,11-14H2,1H3,(H,21,22)/t15-,20-/m1/s1. The minimum absolute atomic E-state index is 0.217. The maximum absolute atomic E-state index is 12.2. The Hall–Kier alpha value is -2.33. The van der Waals surface area contributed by atoms with Gasteiger partial charge >= 0.3 is 0 Å². The molecular formula is C20H23NO3. The average molecular weight is 325 g/mol. The second-order valence-corrected chi connectivity index (χ2v) is 6.46. The van der Waals surface area contributed by atoms with E-state index in [1.165, 1.54) is 5.56 Å². The molecule has 0 bridgehead atoms. The van der Waals surface area contributed by atoms with Gasteiger partial charge in [-0.1, -0.05) is 42.5 Å². The van der Waals surface area contributed by atoms with Crippen LogP contribution in [0.5, 0.6) is 5.75 Å². The Morgan fingerprint density at radius 1 is 1.17 bits per heavy atom. The van der Waals surface area contributed by atoms with E-state index >= 15 is 0 Å². The van der Waals surface area contributed by atoms with Gasteiger partial charge in [0, 0.05) is 13.0 Å². The lowest BCUT2D eigenvalue weighted by Crippen LogP contribution is -2.49. The Labute approximate surface area is 142 Å². The fourth-order valence-corrected chi connectivity index (χ4v) is 3.09. The molecular weight excluding hydrogens is 302 g/mol. The summed E-state index contributed by atoms with van der Waals surface area (Å²) in [5.41, 5.74) is 1.56. The highest BCUT2D eigenvalue weighted by Crippen LogP contribution is 2.28. The summed E-state index contributed by atoms with van der Waals surface area (Å²) in [6.07, 6.45) is 1.45. The second kappa shape index (κ2) is 7.05. The van der Waals surface area contributed by atoms with Gasteiger partial charge in [0.15, 0.2) is 6.10 Å². The highest BCUT2D eigenvalue weighted by atomic mass is 16.5. The van der Waals surface area contributed by atoms with E-state index in [0.29, 0.717) is 18.6 Å². The summed E-state index contributed by atoms with van der Waals surface area (Å²) in [5, 5.41) is 13.6. The summed E-state index contributed by atoms with van der Waals surface area (Å²) in [5.74, 6) is 0.441. The molecule has 0 aromatic heterocycles. The number of hydrogen-bond donors (Lipinski definition) is 2. The first-order chi connectivity index (χ1) is 11.6. The first-order valence-corrected chi connectivity index (χ1v) is 8.34. The van der Waals surface area contributed by atoms with Crippen LogP contribution in [0.3, 0.4) is 0 Å². The summed E-state index contributed by atoms with van der Waals surface area (Å²) in [7, 11) is 0. The molecule has 4 heteroatoms. The van der Waals surface area contributed by atoms with Crippen molar-refractivity contribution in [2.75, 3.05) is 6.54 Å². The molecule has 0 saturated carbocycles. The SMILES string of the molecule is C[C@@H](Oc1ccccc1)C(=O)NC[C@@]1(O)CCc2ccccc2C1. The van der Waals surface area contributed by atoms with Crippen LogP contribution >= 0.6 is 0 Å². The van der Waals surface area contributed by atoms with Gasteiger partial charge in [-0.05, 0) is 43.0 Å². The van der Waals surface area contributed by atoms with E-state index in [0.717, 1.165) is 12.0 Å². The van der Waals surface area contributed by atoms with Crippen molar-refractivity contribution in [2.24, 2.45) is 0 Å². The van der Waals surface area contributed by atoms with Crippen LogP contribution in [-0.4, -0.2) is 29.3 Å². The van der Waals surface area contributed by atoms with Crippen molar-refractivity contribution in [3.8, 4) is 5.75 Å². The first kappa shape index (κ1) is 16.5. The minimum atomic E-state index is -0.892. The summed E-state index contributed by atoms with van der Waals surface area (Å²) in [4.78, 5) is 12.2. The molecule has 1 aliphatic carbocycles. The maximum Gasteiger partial charge on any atom is 0.260 e. The number of hydrogen-bond acceptors (Lipinski definition) is 3. The van der Waals surface area contributed by atoms with Crippen LogP contribution in [0.2, 0.25) is 0 Å². The van der Waals surface area contributed by atoms with E-state index in [2.05, 4.69) is 11.4 Å². The van der Waals surface area contributed by atoms with Crippen LogP contribution in [0.1, 0.15) is 24.5 Å². The Bertz CT molecular complexity index is 701. The number of aliphatic hydroxyl groups is 1. The molecule has 3 rings (SSSR count). The smallest absolute Gasteiger partial charge is 0.260 e. The number of benzene rings is 2. The molecule has 2 aromatic rings. The Morgan fingerprint density at radius 3 is 2.58 bits per heavy atom. The monoisotopic (exact) mass is 325 g/mol. The molecule has 0 aliphatic heterocycles. The zero-order valence-electron chi connectivity index (χ0n) is 13.9. The van der Waals surface area contributed by atoms with Crippen molar-refractivity contribution in [1.29, 1.82) is 0 Å². The molecule has 0 spiro atoms. The zero-order chi connectivity index (χ0) is 17.0. The maximum atomic E-state index is 12.2. The summed E-state index contributed by atoms with van der Waals surface area (Å²) in [6, 6.07) is 17.4. The van der Waals surface area contributed by atoms with Crippen LogP contribution in [0, 0.1) is 0 Å². The lowest BCUT2D eigenvalue weighted by molar-refractivity contribution is -0.128. The third-order valence-corrected chi connectivity index (χ3v) is 4.51. The number of para-hydroxylation sites is 1. The predicted molar refractivity (Wildman–Crippen MR) is 93.0 cm³/mol. The topological polar surface area (TPSA) is 58.6 Å². The van der Waals surface area contributed by atoms with Crippen molar-refractivity contribution < 1.29 is 14.6 Å². The van der Waals surface area contributed by atoms with Crippen molar-refractivity contribution in [2.45, 2.75) is 37.9 Å². The molecule has 1 amide bonds. The van der Waals surface area contributed by atoms with Crippen LogP contribution in [0.25, 0.3) is 0 Å². The molecule has 4 nitrogen and oxygen atoms in total. The molecule has 0 fully saturated rings. The third kappa shape index (κ3) is 3.95. The van der Waals surface area contributed by atoms with E-state index in [9.17, 15) is 9.90 Å². The fraction of sp³-hybridized carbons (Fsp3) is 0.350. The van der Waals surface area contributed by atoms with Gasteiger partial charge in [0.2, 0.25) is 0 Å². The molecule has 0 heterocycles. The Morgan fingerprint density at radius 2 is 1.83 bits per heavy atom. The molecule has 24 heavy (non-hydrogen) atoms. The molecule has 126 valence electrons. The lowest BCUT2D eigenvalue weighted by Gasteiger charge is -2.34. The third-order valence-electron chi connectivity index (χ3n) is 4.51. The van der Waals surface area contributed by atoms with Crippen molar-refractivity contribution in [3.63, 3.8) is 0 Å². The molecule has 0 saturated heterocycles. The molecule has 1 aliphatic rings. The quantitative estimate of drug-likeness (QED) is 0.888. The molecule has 2 aromatic carbocycles. The molecule has 0 radical (unpaired) electrons. The Kier molecular flexibility index (Phi) is 4.86. The number of carbonyl (C=O) groups excluding carboxylic acids is 1. The van der Waals surface area contributed by atoms with E-state index in [1.54, 1.807) is 6.92 Å². The number of amides is 1. The number of fused-ring (bicyclic) bond motifs is 1. The summed E-state index contributed by atoms with van der Waals surface area (Å²) >= 11 is 0. The van der Waals surface area contributed by atoms with Gasteiger partial charge in [-0.15, -0.1) is 0 Å². The van der Waals surface area contributed by atoms with Crippen LogP contribution in [0.4, 0.5) is 0 Å². The van der Waals surface area contributed by atoms with Gasteiger partial charge in [0.05, 0.1) is 5.60 Å². The number of ether oxygens (including phenoxy) is 1. The van der Waals surface area contributed by atoms with E-state index < -0.39 is 11.7 Å². The average Bonchev–Trinajstić information content (AvgIpc) is 2.60. The lowest BCUT2D eigenvalue weighted by atomic mass is 9.80. The highest BCUT2D eigenvalue weighted by molar-refractivity contribution is 5.80. The number of nitrogens with one attached hydrogen (secondary N) is 1. The van der Waals surface area contributed by atoms with Crippen molar-refractivity contribution in [3.05, 3.63) is 65.7 Å². The highest BCUT2D eigenvalue weighted by Gasteiger charge is 2.32. The molecule has 2 N–H and O–H groups in total. The van der Waals surface area contributed by atoms with E-state index in [-0.39, 0.29) is 12.5 Å². The van der Waals surface area contributed by atoms with Crippen LogP contribution < -0.4 is 10.1 Å². The van der Waals surface area contributed by atoms with Gasteiger partial charge in [0.25, 0.3) is 5.91 Å². The molecule has 2 atom stereocenters. The molecule has 0 unspecified atom stereocenters. The van der Waals surface area contributed by atoms with E-state index in [1.807, 2.05) is 48.5 Å². The largest absolute Gasteiger partial charge is 0.481 e. The minimum Gasteiger partial charge on any atom is -0.481 e. The van der Waals surface area contributed by atoms with E-state index in [4.69, 9.17) is 4.74 Å². The number of rotatable bonds is 5.